The number of hydrogen-bond acceptors (Lipinski definition) is 3. The van der Waals surface area contributed by atoms with Crippen molar-refractivity contribution in [3.05, 3.63) is 53.6 Å². The molecule has 0 unspecified atom stereocenters. The molecule has 0 heterocycles. The number of rotatable bonds is 8. The van der Waals surface area contributed by atoms with Gasteiger partial charge in [-0.1, -0.05) is 26.0 Å². The molecule has 1 amide bonds. The zero-order valence-corrected chi connectivity index (χ0v) is 15.5. The van der Waals surface area contributed by atoms with Gasteiger partial charge in [-0.2, -0.15) is 0 Å². The van der Waals surface area contributed by atoms with Crippen LogP contribution in [0, 0.1) is 6.92 Å². The predicted molar refractivity (Wildman–Crippen MR) is 102 cm³/mol. The van der Waals surface area contributed by atoms with Crippen LogP contribution in [0.4, 0.5) is 5.69 Å². The van der Waals surface area contributed by atoms with Crippen molar-refractivity contribution in [2.75, 3.05) is 19.0 Å². The summed E-state index contributed by atoms with van der Waals surface area (Å²) in [5, 5.41) is 2.87. The molecule has 0 atom stereocenters. The Morgan fingerprint density at radius 1 is 1.12 bits per heavy atom. The number of carbonyl (C=O) groups is 1. The molecule has 0 radical (unpaired) electrons. The van der Waals surface area contributed by atoms with Gasteiger partial charge in [-0.3, -0.25) is 4.79 Å². The van der Waals surface area contributed by atoms with E-state index in [9.17, 15) is 4.79 Å². The molecule has 0 saturated carbocycles. The van der Waals surface area contributed by atoms with Crippen molar-refractivity contribution in [1.82, 2.24) is 0 Å². The predicted octanol–water partition coefficient (Wildman–Crippen LogP) is 4.92. The first kappa shape index (κ1) is 18.8. The number of anilines is 1. The summed E-state index contributed by atoms with van der Waals surface area (Å²) < 4.78 is 10.9. The first-order valence-corrected chi connectivity index (χ1v) is 8.67. The van der Waals surface area contributed by atoms with Crippen LogP contribution >= 0.6 is 0 Å². The lowest BCUT2D eigenvalue weighted by molar-refractivity contribution is -0.116. The minimum Gasteiger partial charge on any atom is -0.497 e. The minimum atomic E-state index is -0.0248. The number of aryl methyl sites for hydroxylation is 1. The fraction of sp³-hybridized carbons (Fsp3) is 0.381. The van der Waals surface area contributed by atoms with Crippen molar-refractivity contribution in [3.63, 3.8) is 0 Å². The van der Waals surface area contributed by atoms with Crippen LogP contribution in [0.5, 0.6) is 11.5 Å². The van der Waals surface area contributed by atoms with Gasteiger partial charge in [-0.15, -0.1) is 0 Å². The zero-order valence-electron chi connectivity index (χ0n) is 15.5. The topological polar surface area (TPSA) is 47.6 Å². The van der Waals surface area contributed by atoms with Gasteiger partial charge in [0.05, 0.1) is 13.7 Å². The van der Waals surface area contributed by atoms with Crippen LogP contribution in [0.3, 0.4) is 0 Å². The van der Waals surface area contributed by atoms with E-state index in [-0.39, 0.29) is 5.91 Å². The van der Waals surface area contributed by atoms with Crippen LogP contribution in [0.25, 0.3) is 0 Å². The summed E-state index contributed by atoms with van der Waals surface area (Å²) in [7, 11) is 1.60. The first-order chi connectivity index (χ1) is 12.0. The molecule has 4 nitrogen and oxygen atoms in total. The normalized spacial score (nSPS) is 10.6. The summed E-state index contributed by atoms with van der Waals surface area (Å²) in [5.41, 5.74) is 3.32. The monoisotopic (exact) mass is 341 g/mol. The molecular formula is C21H27NO3. The summed E-state index contributed by atoms with van der Waals surface area (Å²) in [6, 6.07) is 13.5. The van der Waals surface area contributed by atoms with Gasteiger partial charge < -0.3 is 14.8 Å². The zero-order chi connectivity index (χ0) is 18.2. The second-order valence-corrected chi connectivity index (χ2v) is 6.41. The summed E-state index contributed by atoms with van der Waals surface area (Å²) in [5.74, 6) is 2.06. The highest BCUT2D eigenvalue weighted by Gasteiger charge is 2.06. The van der Waals surface area contributed by atoms with Crippen molar-refractivity contribution in [1.29, 1.82) is 0 Å². The van der Waals surface area contributed by atoms with Gasteiger partial charge in [0, 0.05) is 18.2 Å². The number of amides is 1. The van der Waals surface area contributed by atoms with Gasteiger partial charge in [0.1, 0.15) is 11.5 Å². The number of benzene rings is 2. The van der Waals surface area contributed by atoms with E-state index in [1.165, 1.54) is 11.1 Å². The number of ether oxygens (including phenoxy) is 2. The van der Waals surface area contributed by atoms with E-state index in [1.807, 2.05) is 24.3 Å². The maximum absolute atomic E-state index is 12.0. The molecular weight excluding hydrogens is 314 g/mol. The molecule has 25 heavy (non-hydrogen) atoms. The molecule has 0 spiro atoms. The maximum Gasteiger partial charge on any atom is 0.224 e. The van der Waals surface area contributed by atoms with Crippen molar-refractivity contribution >= 4 is 11.6 Å². The molecule has 0 bridgehead atoms. The van der Waals surface area contributed by atoms with E-state index in [0.717, 1.165) is 17.2 Å². The Labute approximate surface area is 150 Å². The Hall–Kier alpha value is -2.49. The summed E-state index contributed by atoms with van der Waals surface area (Å²) >= 11 is 0. The lowest BCUT2D eigenvalue weighted by Gasteiger charge is -2.12. The summed E-state index contributed by atoms with van der Waals surface area (Å²) in [6.45, 7) is 6.99. The Balaban J connectivity index is 1.75. The fourth-order valence-corrected chi connectivity index (χ4v) is 2.73. The van der Waals surface area contributed by atoms with Crippen LogP contribution in [-0.2, 0) is 4.79 Å². The average Bonchev–Trinajstić information content (AvgIpc) is 2.58. The van der Waals surface area contributed by atoms with Gasteiger partial charge in [0.2, 0.25) is 5.91 Å². The number of hydrogen-bond donors (Lipinski definition) is 1. The second kappa shape index (κ2) is 9.11. The Bertz CT molecular complexity index is 710. The van der Waals surface area contributed by atoms with Gasteiger partial charge in [0.25, 0.3) is 0 Å². The molecule has 0 aliphatic rings. The molecule has 0 aliphatic carbocycles. The van der Waals surface area contributed by atoms with Crippen LogP contribution in [-0.4, -0.2) is 19.6 Å². The Kier molecular flexibility index (Phi) is 6.87. The van der Waals surface area contributed by atoms with E-state index in [4.69, 9.17) is 9.47 Å². The molecule has 4 heteroatoms. The average molecular weight is 341 g/mol. The molecule has 0 fully saturated rings. The maximum atomic E-state index is 12.0. The number of carbonyl (C=O) groups excluding carboxylic acids is 1. The highest BCUT2D eigenvalue weighted by atomic mass is 16.5. The van der Waals surface area contributed by atoms with Crippen LogP contribution in [0.2, 0.25) is 0 Å². The Morgan fingerprint density at radius 3 is 2.60 bits per heavy atom. The van der Waals surface area contributed by atoms with Crippen LogP contribution < -0.4 is 14.8 Å². The molecule has 2 aromatic carbocycles. The van der Waals surface area contributed by atoms with Gasteiger partial charge in [-0.05, 0) is 54.7 Å². The quantitative estimate of drug-likeness (QED) is 0.693. The van der Waals surface area contributed by atoms with Crippen LogP contribution in [0.1, 0.15) is 43.7 Å². The third kappa shape index (κ3) is 5.82. The molecule has 134 valence electrons. The largest absolute Gasteiger partial charge is 0.497 e. The third-order valence-corrected chi connectivity index (χ3v) is 4.03. The minimum absolute atomic E-state index is 0.0248. The lowest BCUT2D eigenvalue weighted by atomic mass is 9.98. The Morgan fingerprint density at radius 2 is 1.92 bits per heavy atom. The summed E-state index contributed by atoms with van der Waals surface area (Å²) in [4.78, 5) is 12.0. The van der Waals surface area contributed by atoms with Gasteiger partial charge in [-0.25, -0.2) is 0 Å². The van der Waals surface area contributed by atoms with Gasteiger partial charge >= 0.3 is 0 Å². The lowest BCUT2D eigenvalue weighted by Crippen LogP contribution is -2.12. The van der Waals surface area contributed by atoms with E-state index in [1.54, 1.807) is 13.2 Å². The van der Waals surface area contributed by atoms with E-state index in [2.05, 4.69) is 38.2 Å². The highest BCUT2D eigenvalue weighted by Crippen LogP contribution is 2.23. The second-order valence-electron chi connectivity index (χ2n) is 6.41. The molecule has 2 aromatic rings. The van der Waals surface area contributed by atoms with E-state index in [0.29, 0.717) is 25.4 Å². The molecule has 0 aromatic heterocycles. The van der Waals surface area contributed by atoms with Crippen molar-refractivity contribution in [3.8, 4) is 11.5 Å². The molecule has 1 N–H and O–H groups in total. The van der Waals surface area contributed by atoms with E-state index < -0.39 is 0 Å². The third-order valence-electron chi connectivity index (χ3n) is 4.03. The number of nitrogens with one attached hydrogen (secondary N) is 1. The standard InChI is InChI=1S/C21H27NO3/c1-15(2)20-11-10-19(13-16(20)3)25-12-6-9-21(23)22-17-7-5-8-18(14-17)24-4/h5,7-8,10-11,13-15H,6,9,12H2,1-4H3,(H,22,23). The first-order valence-electron chi connectivity index (χ1n) is 8.67. The van der Waals surface area contributed by atoms with Crippen LogP contribution in [0.15, 0.2) is 42.5 Å². The van der Waals surface area contributed by atoms with Crippen molar-refractivity contribution in [2.45, 2.75) is 39.5 Å². The smallest absolute Gasteiger partial charge is 0.224 e. The van der Waals surface area contributed by atoms with Crippen molar-refractivity contribution in [2.24, 2.45) is 0 Å². The molecule has 0 aliphatic heterocycles. The number of methoxy groups -OCH3 is 1. The fourth-order valence-electron chi connectivity index (χ4n) is 2.73. The highest BCUT2D eigenvalue weighted by molar-refractivity contribution is 5.90. The van der Waals surface area contributed by atoms with Crippen molar-refractivity contribution < 1.29 is 14.3 Å². The molecule has 2 rings (SSSR count). The van der Waals surface area contributed by atoms with Gasteiger partial charge in [0.15, 0.2) is 0 Å². The SMILES string of the molecule is COc1cccc(NC(=O)CCCOc2ccc(C(C)C)c(C)c2)c1. The molecule has 0 saturated heterocycles. The van der Waals surface area contributed by atoms with E-state index >= 15 is 0 Å². The summed E-state index contributed by atoms with van der Waals surface area (Å²) in [6.07, 6.45) is 1.08.